The number of pyridine rings is 1. The molecular formula is C9H11FN2. The van der Waals surface area contributed by atoms with Crippen LogP contribution < -0.4 is 5.32 Å². The van der Waals surface area contributed by atoms with Gasteiger partial charge in [0, 0.05) is 18.5 Å². The summed E-state index contributed by atoms with van der Waals surface area (Å²) in [6, 6.07) is 1.51. The molecule has 0 fully saturated rings. The number of fused-ring (bicyclic) bond motifs is 1. The van der Waals surface area contributed by atoms with E-state index in [0.717, 1.165) is 24.3 Å². The molecule has 1 aromatic rings. The average molecular weight is 166 g/mol. The Balaban J connectivity index is 2.46. The lowest BCUT2D eigenvalue weighted by atomic mass is 9.98. The summed E-state index contributed by atoms with van der Waals surface area (Å²) in [5, 5.41) is 3.13. The first-order valence-corrected chi connectivity index (χ1v) is 4.16. The van der Waals surface area contributed by atoms with E-state index in [9.17, 15) is 4.39 Å². The van der Waals surface area contributed by atoms with Crippen LogP contribution in [0, 0.1) is 5.82 Å². The lowest BCUT2D eigenvalue weighted by Crippen LogP contribution is -2.16. The van der Waals surface area contributed by atoms with Gasteiger partial charge in [-0.1, -0.05) is 6.92 Å². The average Bonchev–Trinajstić information content (AvgIpc) is 2.04. The van der Waals surface area contributed by atoms with Gasteiger partial charge in [0.25, 0.3) is 0 Å². The molecule has 2 nitrogen and oxygen atoms in total. The molecule has 1 aromatic heterocycles. The monoisotopic (exact) mass is 166 g/mol. The molecule has 0 saturated heterocycles. The highest BCUT2D eigenvalue weighted by atomic mass is 19.1. The van der Waals surface area contributed by atoms with Crippen LogP contribution in [0.25, 0.3) is 0 Å². The summed E-state index contributed by atoms with van der Waals surface area (Å²) in [7, 11) is 0. The smallest absolute Gasteiger partial charge is 0.143 e. The minimum absolute atomic E-state index is 0.268. The third kappa shape index (κ3) is 1.15. The van der Waals surface area contributed by atoms with Gasteiger partial charge >= 0.3 is 0 Å². The fourth-order valence-corrected chi connectivity index (χ4v) is 1.54. The van der Waals surface area contributed by atoms with Crippen LogP contribution >= 0.6 is 0 Å². The number of rotatable bonds is 0. The Morgan fingerprint density at radius 3 is 3.33 bits per heavy atom. The van der Waals surface area contributed by atoms with Gasteiger partial charge in [0.1, 0.15) is 5.82 Å². The molecule has 2 rings (SSSR count). The number of anilines is 1. The van der Waals surface area contributed by atoms with Gasteiger partial charge in [-0.05, 0) is 6.42 Å². The summed E-state index contributed by atoms with van der Waals surface area (Å²) in [6.07, 6.45) is 2.36. The van der Waals surface area contributed by atoms with Gasteiger partial charge in [0.2, 0.25) is 0 Å². The first-order valence-electron chi connectivity index (χ1n) is 4.16. The summed E-state index contributed by atoms with van der Waals surface area (Å²) in [6.45, 7) is 3.03. The summed E-state index contributed by atoms with van der Waals surface area (Å²) >= 11 is 0. The van der Waals surface area contributed by atoms with Crippen molar-refractivity contribution in [3.8, 4) is 0 Å². The van der Waals surface area contributed by atoms with E-state index in [2.05, 4.69) is 17.2 Å². The molecule has 0 radical (unpaired) electrons. The topological polar surface area (TPSA) is 24.9 Å². The first-order chi connectivity index (χ1) is 5.77. The molecule has 1 aliphatic rings. The van der Waals surface area contributed by atoms with Crippen LogP contribution in [0.2, 0.25) is 0 Å². The van der Waals surface area contributed by atoms with Gasteiger partial charge < -0.3 is 5.32 Å². The second kappa shape index (κ2) is 2.73. The van der Waals surface area contributed by atoms with Gasteiger partial charge in [-0.3, -0.25) is 4.98 Å². The van der Waals surface area contributed by atoms with Crippen molar-refractivity contribution in [3.63, 3.8) is 0 Å². The zero-order chi connectivity index (χ0) is 8.55. The van der Waals surface area contributed by atoms with Crippen molar-refractivity contribution in [1.29, 1.82) is 0 Å². The fraction of sp³-hybridized carbons (Fsp3) is 0.444. The van der Waals surface area contributed by atoms with E-state index in [1.807, 2.05) is 0 Å². The molecule has 64 valence electrons. The van der Waals surface area contributed by atoms with E-state index in [1.165, 1.54) is 12.3 Å². The normalized spacial score (nSPS) is 21.3. The highest BCUT2D eigenvalue weighted by molar-refractivity contribution is 5.51. The molecule has 1 aliphatic heterocycles. The molecule has 0 bridgehead atoms. The Morgan fingerprint density at radius 1 is 1.67 bits per heavy atom. The van der Waals surface area contributed by atoms with Crippen molar-refractivity contribution in [1.82, 2.24) is 4.98 Å². The van der Waals surface area contributed by atoms with Crippen LogP contribution in [0.3, 0.4) is 0 Å². The molecule has 0 spiro atoms. The molecule has 2 heterocycles. The molecular weight excluding hydrogens is 155 g/mol. The molecule has 0 amide bonds. The quantitative estimate of drug-likeness (QED) is 0.638. The zero-order valence-corrected chi connectivity index (χ0v) is 6.97. The molecule has 1 unspecified atom stereocenters. The van der Waals surface area contributed by atoms with Crippen molar-refractivity contribution in [3.05, 3.63) is 23.8 Å². The van der Waals surface area contributed by atoms with Crippen LogP contribution in [0.4, 0.5) is 10.1 Å². The van der Waals surface area contributed by atoms with E-state index >= 15 is 0 Å². The highest BCUT2D eigenvalue weighted by Gasteiger charge is 2.17. The second-order valence-corrected chi connectivity index (χ2v) is 3.20. The largest absolute Gasteiger partial charge is 0.383 e. The summed E-state index contributed by atoms with van der Waals surface area (Å²) < 4.78 is 12.7. The van der Waals surface area contributed by atoms with Crippen molar-refractivity contribution >= 4 is 5.69 Å². The van der Waals surface area contributed by atoms with Crippen molar-refractivity contribution in [2.45, 2.75) is 19.3 Å². The minimum Gasteiger partial charge on any atom is -0.383 e. The van der Waals surface area contributed by atoms with E-state index in [1.54, 1.807) is 0 Å². The van der Waals surface area contributed by atoms with E-state index < -0.39 is 0 Å². The van der Waals surface area contributed by atoms with Gasteiger partial charge in [0.05, 0.1) is 17.6 Å². The predicted molar refractivity (Wildman–Crippen MR) is 45.7 cm³/mol. The van der Waals surface area contributed by atoms with Crippen molar-refractivity contribution < 1.29 is 4.39 Å². The van der Waals surface area contributed by atoms with Gasteiger partial charge in [0.15, 0.2) is 0 Å². The maximum atomic E-state index is 12.7. The second-order valence-electron chi connectivity index (χ2n) is 3.20. The third-order valence-electron chi connectivity index (χ3n) is 2.24. The van der Waals surface area contributed by atoms with Crippen LogP contribution in [-0.2, 0) is 0 Å². The zero-order valence-electron chi connectivity index (χ0n) is 6.97. The maximum absolute atomic E-state index is 12.7. The van der Waals surface area contributed by atoms with E-state index in [4.69, 9.17) is 0 Å². The molecule has 0 aromatic carbocycles. The van der Waals surface area contributed by atoms with E-state index in [-0.39, 0.29) is 5.82 Å². The third-order valence-corrected chi connectivity index (χ3v) is 2.24. The van der Waals surface area contributed by atoms with E-state index in [0.29, 0.717) is 5.92 Å². The number of hydrogen-bond acceptors (Lipinski definition) is 2. The van der Waals surface area contributed by atoms with Crippen molar-refractivity contribution in [2.24, 2.45) is 0 Å². The van der Waals surface area contributed by atoms with Gasteiger partial charge in [-0.15, -0.1) is 0 Å². The summed E-state index contributed by atoms with van der Waals surface area (Å²) in [5.41, 5.74) is 1.84. The van der Waals surface area contributed by atoms with Gasteiger partial charge in [-0.25, -0.2) is 4.39 Å². The number of nitrogens with one attached hydrogen (secondary N) is 1. The molecule has 0 saturated carbocycles. The Kier molecular flexibility index (Phi) is 1.71. The minimum atomic E-state index is -0.268. The molecule has 1 N–H and O–H groups in total. The lowest BCUT2D eigenvalue weighted by molar-refractivity contribution is 0.605. The predicted octanol–water partition coefficient (Wildman–Crippen LogP) is 2.14. The number of hydrogen-bond donors (Lipinski definition) is 1. The van der Waals surface area contributed by atoms with Crippen LogP contribution in [0.15, 0.2) is 12.3 Å². The summed E-state index contributed by atoms with van der Waals surface area (Å²) in [5.74, 6) is 0.178. The van der Waals surface area contributed by atoms with Crippen LogP contribution in [-0.4, -0.2) is 11.5 Å². The number of aromatic nitrogens is 1. The maximum Gasteiger partial charge on any atom is 0.143 e. The SMILES string of the molecule is CC1CCNc2cc(F)cnc21. The Labute approximate surface area is 70.8 Å². The highest BCUT2D eigenvalue weighted by Crippen LogP contribution is 2.28. The Bertz CT molecular complexity index is 299. The Morgan fingerprint density at radius 2 is 2.50 bits per heavy atom. The van der Waals surface area contributed by atoms with Crippen LogP contribution in [0.5, 0.6) is 0 Å². The molecule has 3 heteroatoms. The van der Waals surface area contributed by atoms with Crippen LogP contribution in [0.1, 0.15) is 25.0 Å². The van der Waals surface area contributed by atoms with Gasteiger partial charge in [-0.2, -0.15) is 0 Å². The number of nitrogens with zero attached hydrogens (tertiary/aromatic N) is 1. The first kappa shape index (κ1) is 7.53. The lowest BCUT2D eigenvalue weighted by Gasteiger charge is -2.22. The van der Waals surface area contributed by atoms with Crippen molar-refractivity contribution in [2.75, 3.05) is 11.9 Å². The fourth-order valence-electron chi connectivity index (χ4n) is 1.54. The molecule has 0 aliphatic carbocycles. The number of halogens is 1. The molecule has 1 atom stereocenters. The standard InChI is InChI=1S/C9H11FN2/c1-6-2-3-11-8-4-7(10)5-12-9(6)8/h4-6,11H,2-3H2,1H3. The molecule has 12 heavy (non-hydrogen) atoms. The Hall–Kier alpha value is -1.12. The summed E-state index contributed by atoms with van der Waals surface area (Å²) in [4.78, 5) is 4.06.